The van der Waals surface area contributed by atoms with Gasteiger partial charge >= 0.3 is 0 Å². The monoisotopic (exact) mass is 437 g/mol. The van der Waals surface area contributed by atoms with E-state index in [4.69, 9.17) is 0 Å². The third kappa shape index (κ3) is 5.73. The van der Waals surface area contributed by atoms with E-state index < -0.39 is 0 Å². The van der Waals surface area contributed by atoms with Gasteiger partial charge in [-0.3, -0.25) is 9.80 Å². The molecule has 0 amide bonds. The Balaban J connectivity index is 1.35. The van der Waals surface area contributed by atoms with Crippen molar-refractivity contribution in [3.05, 3.63) is 47.8 Å². The first-order chi connectivity index (χ1) is 15.5. The van der Waals surface area contributed by atoms with Crippen molar-refractivity contribution in [2.45, 2.75) is 64.7 Å². The highest BCUT2D eigenvalue weighted by Crippen LogP contribution is 2.25. The molecule has 2 aromatic rings. The van der Waals surface area contributed by atoms with E-state index in [2.05, 4.69) is 69.7 Å². The van der Waals surface area contributed by atoms with E-state index in [-0.39, 0.29) is 6.61 Å². The first-order valence-corrected chi connectivity index (χ1v) is 12.2. The van der Waals surface area contributed by atoms with Gasteiger partial charge in [-0.05, 0) is 59.2 Å². The van der Waals surface area contributed by atoms with E-state index in [0.717, 1.165) is 49.6 Å². The van der Waals surface area contributed by atoms with Gasteiger partial charge in [-0.25, -0.2) is 9.97 Å². The molecule has 0 aliphatic carbocycles. The van der Waals surface area contributed by atoms with Crippen molar-refractivity contribution in [3.63, 3.8) is 0 Å². The molecule has 6 heteroatoms. The minimum Gasteiger partial charge on any atom is -0.396 e. The van der Waals surface area contributed by atoms with Crippen LogP contribution in [-0.2, 0) is 6.54 Å². The fourth-order valence-corrected chi connectivity index (χ4v) is 5.33. The molecular formula is C26H39N5O. The van der Waals surface area contributed by atoms with Crippen molar-refractivity contribution in [2.24, 2.45) is 0 Å². The van der Waals surface area contributed by atoms with Gasteiger partial charge in [0.2, 0.25) is 0 Å². The number of hydrogen-bond donors (Lipinski definition) is 1. The Morgan fingerprint density at radius 1 is 1.06 bits per heavy atom. The second kappa shape index (κ2) is 10.8. The Bertz CT molecular complexity index is 848. The van der Waals surface area contributed by atoms with Crippen LogP contribution in [0.2, 0.25) is 0 Å². The van der Waals surface area contributed by atoms with Crippen molar-refractivity contribution in [2.75, 3.05) is 39.3 Å². The van der Waals surface area contributed by atoms with Crippen LogP contribution in [0.5, 0.6) is 0 Å². The van der Waals surface area contributed by atoms with Gasteiger partial charge in [0.05, 0.1) is 0 Å². The highest BCUT2D eigenvalue weighted by atomic mass is 16.3. The lowest BCUT2D eigenvalue weighted by atomic mass is 9.97. The second-order valence-corrected chi connectivity index (χ2v) is 9.78. The van der Waals surface area contributed by atoms with Crippen molar-refractivity contribution in [1.29, 1.82) is 0 Å². The summed E-state index contributed by atoms with van der Waals surface area (Å²) in [6, 6.07) is 10.0. The number of hydrogen-bond acceptors (Lipinski definition) is 6. The van der Waals surface area contributed by atoms with Gasteiger partial charge < -0.3 is 10.0 Å². The van der Waals surface area contributed by atoms with Crippen molar-refractivity contribution in [3.8, 4) is 11.4 Å². The van der Waals surface area contributed by atoms with E-state index in [9.17, 15) is 5.11 Å². The van der Waals surface area contributed by atoms with Crippen LogP contribution in [0.25, 0.3) is 11.4 Å². The van der Waals surface area contributed by atoms with Crippen LogP contribution >= 0.6 is 0 Å². The zero-order chi connectivity index (χ0) is 22.5. The highest BCUT2D eigenvalue weighted by molar-refractivity contribution is 5.55. The molecule has 2 saturated heterocycles. The normalized spacial score (nSPS) is 22.0. The number of nitrogens with zero attached hydrogens (tertiary/aromatic N) is 5. The van der Waals surface area contributed by atoms with Crippen molar-refractivity contribution >= 4 is 0 Å². The number of aryl methyl sites for hydroxylation is 1. The summed E-state index contributed by atoms with van der Waals surface area (Å²) in [4.78, 5) is 17.0. The van der Waals surface area contributed by atoms with E-state index >= 15 is 0 Å². The quantitative estimate of drug-likeness (QED) is 0.718. The summed E-state index contributed by atoms with van der Waals surface area (Å²) in [7, 11) is 0. The summed E-state index contributed by atoms with van der Waals surface area (Å²) >= 11 is 0. The summed E-state index contributed by atoms with van der Waals surface area (Å²) in [6.07, 6.45) is 7.28. The molecule has 0 spiro atoms. The van der Waals surface area contributed by atoms with Crippen LogP contribution in [0.1, 0.15) is 44.2 Å². The largest absolute Gasteiger partial charge is 0.396 e. The van der Waals surface area contributed by atoms with Crippen LogP contribution in [0.15, 0.2) is 36.7 Å². The Labute approximate surface area is 193 Å². The Morgan fingerprint density at radius 2 is 1.81 bits per heavy atom. The van der Waals surface area contributed by atoms with E-state index in [1.54, 1.807) is 0 Å². The number of piperazine rings is 1. The minimum atomic E-state index is 0.258. The molecule has 2 aliphatic heterocycles. The van der Waals surface area contributed by atoms with E-state index in [1.807, 2.05) is 12.4 Å². The van der Waals surface area contributed by atoms with Crippen molar-refractivity contribution < 1.29 is 5.11 Å². The topological polar surface area (TPSA) is 55.7 Å². The Kier molecular flexibility index (Phi) is 7.89. The summed E-state index contributed by atoms with van der Waals surface area (Å²) in [6.45, 7) is 13.3. The maximum absolute atomic E-state index is 9.71. The van der Waals surface area contributed by atoms with Crippen molar-refractivity contribution in [1.82, 2.24) is 24.7 Å². The number of piperidine rings is 1. The number of rotatable bonds is 7. The lowest BCUT2D eigenvalue weighted by Gasteiger charge is -2.48. The van der Waals surface area contributed by atoms with Crippen LogP contribution in [0, 0.1) is 6.92 Å². The third-order valence-corrected chi connectivity index (χ3v) is 7.16. The lowest BCUT2D eigenvalue weighted by Crippen LogP contribution is -2.58. The molecule has 3 heterocycles. The van der Waals surface area contributed by atoms with Gasteiger partial charge in [0.15, 0.2) is 5.82 Å². The lowest BCUT2D eigenvalue weighted by molar-refractivity contribution is -0.0000784. The maximum atomic E-state index is 9.71. The molecule has 0 radical (unpaired) electrons. The molecule has 32 heavy (non-hydrogen) atoms. The predicted molar refractivity (Wildman–Crippen MR) is 129 cm³/mol. The zero-order valence-electron chi connectivity index (χ0n) is 20.0. The van der Waals surface area contributed by atoms with Crippen LogP contribution in [0.3, 0.4) is 0 Å². The number of benzene rings is 1. The van der Waals surface area contributed by atoms with E-state index in [0.29, 0.717) is 18.1 Å². The molecule has 1 atom stereocenters. The third-order valence-electron chi connectivity index (χ3n) is 7.16. The SMILES string of the molecule is Cc1cccc(-c2ncc(CN3CCN(C4CCN(C(C)C)CC4)[C@@H](CCO)C3)cn2)c1. The molecule has 0 unspecified atom stereocenters. The van der Waals surface area contributed by atoms with Crippen LogP contribution < -0.4 is 0 Å². The van der Waals surface area contributed by atoms with Gasteiger partial charge in [0, 0.05) is 74.4 Å². The highest BCUT2D eigenvalue weighted by Gasteiger charge is 2.33. The fraction of sp³-hybridized carbons (Fsp3) is 0.615. The maximum Gasteiger partial charge on any atom is 0.159 e. The summed E-state index contributed by atoms with van der Waals surface area (Å²) in [5.74, 6) is 0.785. The molecule has 2 fully saturated rings. The molecule has 0 saturated carbocycles. The molecule has 4 rings (SSSR count). The fourth-order valence-electron chi connectivity index (χ4n) is 5.33. The number of aliphatic hydroxyl groups excluding tert-OH is 1. The van der Waals surface area contributed by atoms with Crippen LogP contribution in [-0.4, -0.2) is 87.2 Å². The van der Waals surface area contributed by atoms with E-state index in [1.165, 1.54) is 31.5 Å². The van der Waals surface area contributed by atoms with Gasteiger partial charge in [0.25, 0.3) is 0 Å². The first-order valence-electron chi connectivity index (χ1n) is 12.2. The molecule has 1 aromatic heterocycles. The molecule has 1 N–H and O–H groups in total. The molecule has 0 bridgehead atoms. The van der Waals surface area contributed by atoms with Gasteiger partial charge in [0.1, 0.15) is 0 Å². The van der Waals surface area contributed by atoms with Crippen LogP contribution in [0.4, 0.5) is 0 Å². The summed E-state index contributed by atoms with van der Waals surface area (Å²) < 4.78 is 0. The van der Waals surface area contributed by atoms with Gasteiger partial charge in [-0.15, -0.1) is 0 Å². The molecule has 2 aliphatic rings. The standard InChI is InChI=1S/C26H39N5O/c1-20(2)30-10-7-24(8-11-30)31-13-12-29(19-25(31)9-14-32)18-22-16-27-26(28-17-22)23-6-4-5-21(3)15-23/h4-6,15-17,20,24-25,32H,7-14,18-19H2,1-3H3/t25-/m0/s1. The molecule has 6 nitrogen and oxygen atoms in total. The smallest absolute Gasteiger partial charge is 0.159 e. The number of aliphatic hydroxyl groups is 1. The minimum absolute atomic E-state index is 0.258. The Morgan fingerprint density at radius 3 is 2.47 bits per heavy atom. The summed E-state index contributed by atoms with van der Waals surface area (Å²) in [5, 5.41) is 9.71. The molecule has 1 aromatic carbocycles. The first kappa shape index (κ1) is 23.3. The van der Waals surface area contributed by atoms with Gasteiger partial charge in [-0.2, -0.15) is 0 Å². The predicted octanol–water partition coefficient (Wildman–Crippen LogP) is 3.19. The number of aromatic nitrogens is 2. The molecule has 174 valence electrons. The van der Waals surface area contributed by atoms with Gasteiger partial charge in [-0.1, -0.05) is 23.8 Å². The average molecular weight is 438 g/mol. The Hall–Kier alpha value is -1.86. The number of likely N-dealkylation sites (tertiary alicyclic amines) is 1. The molecular weight excluding hydrogens is 398 g/mol. The second-order valence-electron chi connectivity index (χ2n) is 9.78. The average Bonchev–Trinajstić information content (AvgIpc) is 2.80. The summed E-state index contributed by atoms with van der Waals surface area (Å²) in [5.41, 5.74) is 3.44. The zero-order valence-corrected chi connectivity index (χ0v) is 20.0.